The number of hydrogen-bond acceptors (Lipinski definition) is 4. The number of benzene rings is 1. The number of aliphatic hydroxyl groups is 1. The minimum atomic E-state index is 0.208. The number of anilines is 1. The molecule has 0 spiro atoms. The van der Waals surface area contributed by atoms with Crippen molar-refractivity contribution in [3.8, 4) is 0 Å². The summed E-state index contributed by atoms with van der Waals surface area (Å²) < 4.78 is 0. The summed E-state index contributed by atoms with van der Waals surface area (Å²) in [7, 11) is 0. The van der Waals surface area contributed by atoms with Crippen molar-refractivity contribution in [3.05, 3.63) is 29.8 Å². The van der Waals surface area contributed by atoms with Crippen molar-refractivity contribution in [3.63, 3.8) is 0 Å². The van der Waals surface area contributed by atoms with Gasteiger partial charge < -0.3 is 15.2 Å². The second kappa shape index (κ2) is 4.99. The van der Waals surface area contributed by atoms with Crippen LogP contribution in [0, 0.1) is 0 Å². The van der Waals surface area contributed by atoms with Gasteiger partial charge in [-0.3, -0.25) is 0 Å². The maximum atomic E-state index is 8.93. The van der Waals surface area contributed by atoms with Crippen molar-refractivity contribution in [2.45, 2.75) is 12.8 Å². The van der Waals surface area contributed by atoms with E-state index >= 15 is 0 Å². The van der Waals surface area contributed by atoms with Crippen LogP contribution < -0.4 is 4.90 Å². The lowest BCUT2D eigenvalue weighted by Gasteiger charge is -2.31. The maximum Gasteiger partial charge on any atom is 0.0906 e. The summed E-state index contributed by atoms with van der Waals surface area (Å²) in [6.45, 7) is 1.89. The van der Waals surface area contributed by atoms with Crippen LogP contribution >= 0.6 is 0 Å². The SMILES string of the molecule is OCCCN1CCC(=NO)c2ccccc21. The van der Waals surface area contributed by atoms with E-state index in [-0.39, 0.29) is 6.61 Å². The Morgan fingerprint density at radius 1 is 1.31 bits per heavy atom. The Kier molecular flexibility index (Phi) is 3.41. The molecule has 0 bridgehead atoms. The van der Waals surface area contributed by atoms with Crippen LogP contribution in [0.1, 0.15) is 18.4 Å². The fourth-order valence-electron chi connectivity index (χ4n) is 2.09. The highest BCUT2D eigenvalue weighted by atomic mass is 16.4. The van der Waals surface area contributed by atoms with Gasteiger partial charge in [0, 0.05) is 37.4 Å². The zero-order valence-corrected chi connectivity index (χ0v) is 9.13. The average molecular weight is 220 g/mol. The number of oxime groups is 1. The molecule has 86 valence electrons. The molecule has 0 amide bonds. The van der Waals surface area contributed by atoms with Crippen molar-refractivity contribution >= 4 is 11.4 Å². The Balaban J connectivity index is 2.28. The van der Waals surface area contributed by atoms with Gasteiger partial charge in [-0.05, 0) is 12.5 Å². The van der Waals surface area contributed by atoms with E-state index < -0.39 is 0 Å². The third-order valence-electron chi connectivity index (χ3n) is 2.88. The zero-order valence-electron chi connectivity index (χ0n) is 9.13. The topological polar surface area (TPSA) is 56.1 Å². The van der Waals surface area contributed by atoms with Gasteiger partial charge in [-0.2, -0.15) is 0 Å². The van der Waals surface area contributed by atoms with E-state index in [1.165, 1.54) is 0 Å². The van der Waals surface area contributed by atoms with Gasteiger partial charge in [-0.1, -0.05) is 23.4 Å². The first-order valence-corrected chi connectivity index (χ1v) is 5.53. The molecule has 0 fully saturated rings. The molecule has 0 unspecified atom stereocenters. The van der Waals surface area contributed by atoms with Gasteiger partial charge >= 0.3 is 0 Å². The summed E-state index contributed by atoms with van der Waals surface area (Å²) in [5, 5.41) is 21.1. The van der Waals surface area contributed by atoms with Crippen LogP contribution in [0.15, 0.2) is 29.4 Å². The smallest absolute Gasteiger partial charge is 0.0906 e. The summed E-state index contributed by atoms with van der Waals surface area (Å²) >= 11 is 0. The molecule has 1 aliphatic heterocycles. The van der Waals surface area contributed by atoms with E-state index in [2.05, 4.69) is 10.1 Å². The highest BCUT2D eigenvalue weighted by Gasteiger charge is 2.20. The Morgan fingerprint density at radius 2 is 2.12 bits per heavy atom. The molecule has 4 heteroatoms. The molecule has 16 heavy (non-hydrogen) atoms. The Bertz CT molecular complexity index is 390. The molecular weight excluding hydrogens is 204 g/mol. The van der Waals surface area contributed by atoms with Gasteiger partial charge in [0.05, 0.1) is 5.71 Å². The number of rotatable bonds is 3. The lowest BCUT2D eigenvalue weighted by Crippen LogP contribution is -2.33. The summed E-state index contributed by atoms with van der Waals surface area (Å²) in [6.07, 6.45) is 1.51. The van der Waals surface area contributed by atoms with Crippen molar-refractivity contribution < 1.29 is 10.3 Å². The summed E-state index contributed by atoms with van der Waals surface area (Å²) in [6, 6.07) is 7.91. The van der Waals surface area contributed by atoms with Crippen LogP contribution in [0.3, 0.4) is 0 Å². The Morgan fingerprint density at radius 3 is 2.88 bits per heavy atom. The van der Waals surface area contributed by atoms with Crippen LogP contribution in [0.4, 0.5) is 5.69 Å². The average Bonchev–Trinajstić information content (AvgIpc) is 2.36. The van der Waals surface area contributed by atoms with E-state index in [0.29, 0.717) is 0 Å². The molecule has 2 N–H and O–H groups in total. The van der Waals surface area contributed by atoms with Crippen molar-refractivity contribution in [1.29, 1.82) is 0 Å². The second-order valence-corrected chi connectivity index (χ2v) is 3.88. The molecule has 0 radical (unpaired) electrons. The van der Waals surface area contributed by atoms with Gasteiger partial charge in [0.2, 0.25) is 0 Å². The molecule has 1 aromatic rings. The number of nitrogens with zero attached hydrogens (tertiary/aromatic N) is 2. The van der Waals surface area contributed by atoms with Crippen molar-refractivity contribution in [1.82, 2.24) is 0 Å². The monoisotopic (exact) mass is 220 g/mol. The molecule has 0 aromatic heterocycles. The fourth-order valence-corrected chi connectivity index (χ4v) is 2.09. The number of hydrogen-bond donors (Lipinski definition) is 2. The van der Waals surface area contributed by atoms with Crippen molar-refractivity contribution in [2.75, 3.05) is 24.6 Å². The largest absolute Gasteiger partial charge is 0.411 e. The van der Waals surface area contributed by atoms with E-state index in [1.807, 2.05) is 24.3 Å². The summed E-state index contributed by atoms with van der Waals surface area (Å²) in [4.78, 5) is 2.22. The van der Waals surface area contributed by atoms with Crippen LogP contribution in [-0.2, 0) is 0 Å². The van der Waals surface area contributed by atoms with Gasteiger partial charge in [0.15, 0.2) is 0 Å². The van der Waals surface area contributed by atoms with Gasteiger partial charge in [0.1, 0.15) is 0 Å². The van der Waals surface area contributed by atoms with Gasteiger partial charge in [-0.15, -0.1) is 0 Å². The predicted molar refractivity (Wildman–Crippen MR) is 63.3 cm³/mol. The lowest BCUT2D eigenvalue weighted by atomic mass is 9.99. The molecule has 1 aliphatic rings. The zero-order chi connectivity index (χ0) is 11.4. The minimum absolute atomic E-state index is 0.208. The number of aliphatic hydroxyl groups excluding tert-OH is 1. The van der Waals surface area contributed by atoms with Crippen LogP contribution in [-0.4, -0.2) is 35.7 Å². The molecule has 0 aliphatic carbocycles. The normalized spacial score (nSPS) is 17.6. The predicted octanol–water partition coefficient (Wildman–Crippen LogP) is 1.46. The second-order valence-electron chi connectivity index (χ2n) is 3.88. The maximum absolute atomic E-state index is 8.93. The molecule has 1 heterocycles. The number of fused-ring (bicyclic) bond motifs is 1. The van der Waals surface area contributed by atoms with Gasteiger partial charge in [-0.25, -0.2) is 0 Å². The molecule has 0 atom stereocenters. The number of para-hydroxylation sites is 1. The Hall–Kier alpha value is -1.55. The van der Waals surface area contributed by atoms with Gasteiger partial charge in [0.25, 0.3) is 0 Å². The Labute approximate surface area is 94.8 Å². The first kappa shape index (κ1) is 11.0. The highest BCUT2D eigenvalue weighted by Crippen LogP contribution is 2.27. The fraction of sp³-hybridized carbons (Fsp3) is 0.417. The molecule has 0 saturated carbocycles. The third kappa shape index (κ3) is 2.02. The molecule has 0 saturated heterocycles. The molecule has 2 rings (SSSR count). The van der Waals surface area contributed by atoms with Crippen molar-refractivity contribution in [2.24, 2.45) is 5.16 Å². The quantitative estimate of drug-likeness (QED) is 0.599. The van der Waals surface area contributed by atoms with Crippen LogP contribution in [0.5, 0.6) is 0 Å². The first-order chi connectivity index (χ1) is 7.86. The van der Waals surface area contributed by atoms with E-state index in [4.69, 9.17) is 10.3 Å². The highest BCUT2D eigenvalue weighted by molar-refractivity contribution is 6.06. The molecule has 4 nitrogen and oxygen atoms in total. The molecular formula is C12H16N2O2. The molecule has 1 aromatic carbocycles. The third-order valence-corrected chi connectivity index (χ3v) is 2.88. The summed E-state index contributed by atoms with van der Waals surface area (Å²) in [5.74, 6) is 0. The van der Waals surface area contributed by atoms with E-state index in [0.717, 1.165) is 42.9 Å². The van der Waals surface area contributed by atoms with Crippen LogP contribution in [0.2, 0.25) is 0 Å². The first-order valence-electron chi connectivity index (χ1n) is 5.53. The lowest BCUT2D eigenvalue weighted by molar-refractivity contribution is 0.289. The van der Waals surface area contributed by atoms with Crippen LogP contribution in [0.25, 0.3) is 0 Å². The standard InChI is InChI=1S/C12H16N2O2/c15-9-3-7-14-8-6-11(13-16)10-4-1-2-5-12(10)14/h1-2,4-5,15-16H,3,6-9H2. The van der Waals surface area contributed by atoms with E-state index in [1.54, 1.807) is 0 Å². The summed E-state index contributed by atoms with van der Waals surface area (Å²) in [5.41, 5.74) is 2.83. The van der Waals surface area contributed by atoms with E-state index in [9.17, 15) is 0 Å². The minimum Gasteiger partial charge on any atom is -0.411 e.